The van der Waals surface area contributed by atoms with E-state index >= 15 is 0 Å². The number of nitrogens with zero attached hydrogens (tertiary/aromatic N) is 1. The van der Waals surface area contributed by atoms with Crippen LogP contribution in [0.3, 0.4) is 0 Å². The summed E-state index contributed by atoms with van der Waals surface area (Å²) in [6.07, 6.45) is 0.708. The molecule has 1 aromatic rings. The summed E-state index contributed by atoms with van der Waals surface area (Å²) in [6.45, 7) is 0.767. The first-order valence-corrected chi connectivity index (χ1v) is 6.97. The number of methoxy groups -OCH3 is 1. The molecule has 0 aromatic carbocycles. The molecule has 0 spiro atoms. The van der Waals surface area contributed by atoms with E-state index in [1.165, 1.54) is 18.4 Å². The van der Waals surface area contributed by atoms with Crippen molar-refractivity contribution in [1.82, 2.24) is 0 Å². The molecule has 1 aromatic heterocycles. The Labute approximate surface area is 120 Å². The Kier molecular flexibility index (Phi) is 4.37. The van der Waals surface area contributed by atoms with Crippen molar-refractivity contribution in [2.24, 2.45) is 5.41 Å². The molecule has 0 bridgehead atoms. The lowest BCUT2D eigenvalue weighted by atomic mass is 9.81. The van der Waals surface area contributed by atoms with Gasteiger partial charge in [-0.15, -0.1) is 11.3 Å². The quantitative estimate of drug-likeness (QED) is 0.859. The second-order valence-corrected chi connectivity index (χ2v) is 5.33. The highest BCUT2D eigenvalue weighted by atomic mass is 32.1. The zero-order valence-corrected chi connectivity index (χ0v) is 11.8. The predicted octanol–water partition coefficient (Wildman–Crippen LogP) is 1.79. The maximum atomic E-state index is 12.3. The number of anilines is 1. The first kappa shape index (κ1) is 14.5. The van der Waals surface area contributed by atoms with Gasteiger partial charge in [-0.25, -0.2) is 4.79 Å². The van der Waals surface area contributed by atoms with Gasteiger partial charge in [0.15, 0.2) is 0 Å². The molecule has 1 N–H and O–H groups in total. The fraction of sp³-hybridized carbons (Fsp3) is 0.462. The molecule has 0 saturated carbocycles. The van der Waals surface area contributed by atoms with E-state index in [2.05, 4.69) is 16.1 Å². The minimum absolute atomic E-state index is 0.320. The highest BCUT2D eigenvalue weighted by Crippen LogP contribution is 2.32. The fourth-order valence-corrected chi connectivity index (χ4v) is 2.78. The van der Waals surface area contributed by atoms with Crippen molar-refractivity contribution in [2.75, 3.05) is 25.6 Å². The van der Waals surface area contributed by atoms with E-state index in [-0.39, 0.29) is 0 Å². The Morgan fingerprint density at radius 3 is 2.80 bits per heavy atom. The first-order valence-electron chi connectivity index (χ1n) is 6.09. The largest absolute Gasteiger partial charge is 0.465 e. The number of carbonyl (C=O) groups excluding carboxylic acids is 2. The van der Waals surface area contributed by atoms with Crippen LogP contribution >= 0.6 is 11.3 Å². The second-order valence-electron chi connectivity index (χ2n) is 4.42. The van der Waals surface area contributed by atoms with Crippen molar-refractivity contribution in [3.63, 3.8) is 0 Å². The smallest absolute Gasteiger partial charge is 0.350 e. The van der Waals surface area contributed by atoms with Crippen LogP contribution in [0, 0.1) is 16.7 Å². The molecule has 1 amide bonds. The van der Waals surface area contributed by atoms with E-state index in [9.17, 15) is 14.9 Å². The molecule has 0 radical (unpaired) electrons. The van der Waals surface area contributed by atoms with Crippen LogP contribution in [0.5, 0.6) is 0 Å². The van der Waals surface area contributed by atoms with Crippen LogP contribution in [0.2, 0.25) is 0 Å². The normalized spacial score (nSPS) is 17.0. The molecule has 1 aliphatic rings. The van der Waals surface area contributed by atoms with Gasteiger partial charge in [0.05, 0.1) is 18.9 Å². The minimum atomic E-state index is -1.09. The summed E-state index contributed by atoms with van der Waals surface area (Å²) in [7, 11) is 1.28. The summed E-state index contributed by atoms with van der Waals surface area (Å²) in [4.78, 5) is 24.2. The number of nitriles is 1. The summed E-state index contributed by atoms with van der Waals surface area (Å²) in [5.41, 5.74) is -0.707. The van der Waals surface area contributed by atoms with E-state index in [0.29, 0.717) is 36.6 Å². The molecule has 0 unspecified atom stereocenters. The van der Waals surface area contributed by atoms with Gasteiger partial charge < -0.3 is 14.8 Å². The lowest BCUT2D eigenvalue weighted by Gasteiger charge is -2.29. The third-order valence-corrected chi connectivity index (χ3v) is 4.17. The second kappa shape index (κ2) is 6.03. The molecular weight excluding hydrogens is 280 g/mol. The van der Waals surface area contributed by atoms with Crippen LogP contribution in [0.25, 0.3) is 0 Å². The minimum Gasteiger partial charge on any atom is -0.465 e. The molecule has 7 heteroatoms. The molecule has 1 aliphatic heterocycles. The monoisotopic (exact) mass is 294 g/mol. The number of hydrogen-bond donors (Lipinski definition) is 1. The van der Waals surface area contributed by atoms with Crippen molar-refractivity contribution in [3.8, 4) is 6.07 Å². The van der Waals surface area contributed by atoms with E-state index in [4.69, 9.17) is 4.74 Å². The summed E-state index contributed by atoms with van der Waals surface area (Å²) >= 11 is 1.18. The van der Waals surface area contributed by atoms with Crippen LogP contribution in [-0.4, -0.2) is 32.2 Å². The number of rotatable bonds is 3. The number of hydrogen-bond acceptors (Lipinski definition) is 6. The number of ether oxygens (including phenoxy) is 2. The SMILES string of the molecule is COC(=O)c1sccc1NC(=O)C1(C#N)CCOCC1. The van der Waals surface area contributed by atoms with Crippen LogP contribution in [-0.2, 0) is 14.3 Å². The van der Waals surface area contributed by atoms with Crippen molar-refractivity contribution < 1.29 is 19.1 Å². The number of amides is 1. The first-order chi connectivity index (χ1) is 9.63. The zero-order chi connectivity index (χ0) is 14.6. The highest BCUT2D eigenvalue weighted by molar-refractivity contribution is 7.12. The van der Waals surface area contributed by atoms with Gasteiger partial charge in [-0.2, -0.15) is 5.26 Å². The lowest BCUT2D eigenvalue weighted by Crippen LogP contribution is -2.40. The van der Waals surface area contributed by atoms with Crippen LogP contribution in [0.4, 0.5) is 5.69 Å². The average molecular weight is 294 g/mol. The van der Waals surface area contributed by atoms with Gasteiger partial charge in [-0.3, -0.25) is 4.79 Å². The van der Waals surface area contributed by atoms with E-state index in [1.807, 2.05) is 0 Å². The Morgan fingerprint density at radius 2 is 2.20 bits per heavy atom. The Balaban J connectivity index is 2.17. The van der Waals surface area contributed by atoms with Crippen LogP contribution in [0.15, 0.2) is 11.4 Å². The molecular formula is C13H14N2O4S. The topological polar surface area (TPSA) is 88.4 Å². The molecule has 0 aliphatic carbocycles. The third kappa shape index (κ3) is 2.66. The molecule has 2 heterocycles. The molecule has 1 fully saturated rings. The van der Waals surface area contributed by atoms with Gasteiger partial charge in [0, 0.05) is 13.2 Å². The van der Waals surface area contributed by atoms with E-state index < -0.39 is 17.3 Å². The molecule has 2 rings (SSSR count). The predicted molar refractivity (Wildman–Crippen MR) is 72.4 cm³/mol. The van der Waals surface area contributed by atoms with Gasteiger partial charge in [0.2, 0.25) is 5.91 Å². The van der Waals surface area contributed by atoms with Crippen LogP contribution in [0.1, 0.15) is 22.5 Å². The van der Waals surface area contributed by atoms with Gasteiger partial charge in [0.1, 0.15) is 10.3 Å². The molecule has 106 valence electrons. The highest BCUT2D eigenvalue weighted by Gasteiger charge is 2.40. The van der Waals surface area contributed by atoms with Gasteiger partial charge in [0.25, 0.3) is 0 Å². The Bertz CT molecular complexity index is 555. The fourth-order valence-electron chi connectivity index (χ4n) is 2.01. The summed E-state index contributed by atoms with van der Waals surface area (Å²) in [5, 5.41) is 13.7. The molecule has 0 atom stereocenters. The van der Waals surface area contributed by atoms with Crippen LogP contribution < -0.4 is 5.32 Å². The Hall–Kier alpha value is -1.91. The van der Waals surface area contributed by atoms with Crippen molar-refractivity contribution in [1.29, 1.82) is 5.26 Å². The number of carbonyl (C=O) groups is 2. The third-order valence-electron chi connectivity index (χ3n) is 3.28. The molecule has 1 saturated heterocycles. The molecule has 20 heavy (non-hydrogen) atoms. The van der Waals surface area contributed by atoms with E-state index in [0.717, 1.165) is 0 Å². The summed E-state index contributed by atoms with van der Waals surface area (Å²) in [5.74, 6) is -0.903. The number of nitrogens with one attached hydrogen (secondary N) is 1. The standard InChI is InChI=1S/C13H14N2O4S/c1-18-11(16)10-9(2-7-20-10)15-12(17)13(8-14)3-5-19-6-4-13/h2,7H,3-6H2,1H3,(H,15,17). The van der Waals surface area contributed by atoms with Gasteiger partial charge in [-0.1, -0.05) is 0 Å². The Morgan fingerprint density at radius 1 is 1.50 bits per heavy atom. The van der Waals surface area contributed by atoms with Crippen molar-refractivity contribution >= 4 is 28.9 Å². The summed E-state index contributed by atoms with van der Waals surface area (Å²) < 4.78 is 9.84. The average Bonchev–Trinajstić information content (AvgIpc) is 2.95. The zero-order valence-electron chi connectivity index (χ0n) is 11.0. The molecule has 6 nitrogen and oxygen atoms in total. The van der Waals surface area contributed by atoms with Gasteiger partial charge in [-0.05, 0) is 24.3 Å². The maximum absolute atomic E-state index is 12.3. The number of thiophene rings is 1. The maximum Gasteiger partial charge on any atom is 0.350 e. The van der Waals surface area contributed by atoms with Gasteiger partial charge >= 0.3 is 5.97 Å². The summed E-state index contributed by atoms with van der Waals surface area (Å²) in [6, 6.07) is 3.71. The number of esters is 1. The lowest BCUT2D eigenvalue weighted by molar-refractivity contribution is -0.126. The van der Waals surface area contributed by atoms with E-state index in [1.54, 1.807) is 11.4 Å². The van der Waals surface area contributed by atoms with Crippen molar-refractivity contribution in [2.45, 2.75) is 12.8 Å². The van der Waals surface area contributed by atoms with Crippen molar-refractivity contribution in [3.05, 3.63) is 16.3 Å².